The number of hydrogen-bond acceptors (Lipinski definition) is 5. The SMILES string of the molecule is Fc1ncccc1CN1CCc2nc(-c3ccco3)ncc2C1. The summed E-state index contributed by atoms with van der Waals surface area (Å²) in [4.78, 5) is 14.9. The van der Waals surface area contributed by atoms with Crippen molar-refractivity contribution in [1.82, 2.24) is 19.9 Å². The highest BCUT2D eigenvalue weighted by Crippen LogP contribution is 2.22. The van der Waals surface area contributed by atoms with Gasteiger partial charge in [0.15, 0.2) is 11.6 Å². The Morgan fingerprint density at radius 1 is 1.22 bits per heavy atom. The molecule has 4 heterocycles. The highest BCUT2D eigenvalue weighted by molar-refractivity contribution is 5.46. The maximum Gasteiger partial charge on any atom is 0.217 e. The Kier molecular flexibility index (Phi) is 3.59. The van der Waals surface area contributed by atoms with Gasteiger partial charge in [0.1, 0.15) is 0 Å². The summed E-state index contributed by atoms with van der Waals surface area (Å²) in [5.41, 5.74) is 2.73. The molecule has 0 saturated carbocycles. The number of hydrogen-bond donors (Lipinski definition) is 0. The molecule has 0 saturated heterocycles. The van der Waals surface area contributed by atoms with Crippen LogP contribution in [0.3, 0.4) is 0 Å². The van der Waals surface area contributed by atoms with Gasteiger partial charge in [0.2, 0.25) is 5.95 Å². The molecular weight excluding hydrogens is 295 g/mol. The zero-order valence-corrected chi connectivity index (χ0v) is 12.4. The molecule has 0 fully saturated rings. The number of halogens is 1. The van der Waals surface area contributed by atoms with Crippen LogP contribution in [0.25, 0.3) is 11.6 Å². The first-order valence-electron chi connectivity index (χ1n) is 7.50. The largest absolute Gasteiger partial charge is 0.461 e. The fourth-order valence-corrected chi connectivity index (χ4v) is 2.81. The molecule has 3 aromatic heterocycles. The summed E-state index contributed by atoms with van der Waals surface area (Å²) < 4.78 is 19.0. The molecule has 0 aromatic carbocycles. The van der Waals surface area contributed by atoms with Gasteiger partial charge in [-0.25, -0.2) is 15.0 Å². The Bertz CT molecular complexity index is 819. The lowest BCUT2D eigenvalue weighted by Crippen LogP contribution is -2.31. The summed E-state index contributed by atoms with van der Waals surface area (Å²) in [5.74, 6) is 0.885. The highest BCUT2D eigenvalue weighted by Gasteiger charge is 2.20. The van der Waals surface area contributed by atoms with Crippen LogP contribution in [0.2, 0.25) is 0 Å². The monoisotopic (exact) mass is 310 g/mol. The molecule has 1 aliphatic heterocycles. The summed E-state index contributed by atoms with van der Waals surface area (Å²) >= 11 is 0. The van der Waals surface area contributed by atoms with Crippen molar-refractivity contribution in [3.63, 3.8) is 0 Å². The molecule has 23 heavy (non-hydrogen) atoms. The van der Waals surface area contributed by atoms with E-state index in [1.54, 1.807) is 18.4 Å². The van der Waals surface area contributed by atoms with Gasteiger partial charge in [-0.1, -0.05) is 6.07 Å². The normalized spacial score (nSPS) is 14.7. The van der Waals surface area contributed by atoms with Gasteiger partial charge in [-0.3, -0.25) is 4.90 Å². The molecule has 0 amide bonds. The second kappa shape index (κ2) is 5.89. The van der Waals surface area contributed by atoms with E-state index < -0.39 is 5.95 Å². The zero-order chi connectivity index (χ0) is 15.6. The first-order chi connectivity index (χ1) is 11.3. The fraction of sp³-hybridized carbons (Fsp3) is 0.235. The van der Waals surface area contributed by atoms with E-state index in [1.807, 2.05) is 18.3 Å². The Morgan fingerprint density at radius 2 is 2.17 bits per heavy atom. The average molecular weight is 310 g/mol. The minimum absolute atomic E-state index is 0.400. The van der Waals surface area contributed by atoms with Crippen LogP contribution < -0.4 is 0 Å². The Balaban J connectivity index is 1.53. The lowest BCUT2D eigenvalue weighted by molar-refractivity contribution is 0.238. The van der Waals surface area contributed by atoms with Gasteiger partial charge in [-0.15, -0.1) is 0 Å². The Hall–Kier alpha value is -2.60. The van der Waals surface area contributed by atoms with E-state index in [1.165, 1.54) is 6.20 Å². The molecule has 0 radical (unpaired) electrons. The quantitative estimate of drug-likeness (QED) is 0.696. The number of furan rings is 1. The Labute approximate surface area is 132 Å². The van der Waals surface area contributed by atoms with E-state index in [-0.39, 0.29) is 0 Å². The van der Waals surface area contributed by atoms with Crippen LogP contribution in [-0.4, -0.2) is 26.4 Å². The maximum atomic E-state index is 13.7. The summed E-state index contributed by atoms with van der Waals surface area (Å²) in [7, 11) is 0. The number of fused-ring (bicyclic) bond motifs is 1. The van der Waals surface area contributed by atoms with Crippen LogP contribution in [0.4, 0.5) is 4.39 Å². The number of pyridine rings is 1. The predicted octanol–water partition coefficient (Wildman–Crippen LogP) is 2.83. The minimum atomic E-state index is -0.400. The van der Waals surface area contributed by atoms with Crippen LogP contribution in [0.5, 0.6) is 0 Å². The molecular formula is C17H15FN4O. The van der Waals surface area contributed by atoms with Crippen molar-refractivity contribution in [2.75, 3.05) is 6.54 Å². The van der Waals surface area contributed by atoms with Crippen LogP contribution >= 0.6 is 0 Å². The van der Waals surface area contributed by atoms with Gasteiger partial charge in [0, 0.05) is 49.6 Å². The van der Waals surface area contributed by atoms with E-state index in [0.717, 1.165) is 24.2 Å². The molecule has 4 rings (SSSR count). The van der Waals surface area contributed by atoms with Crippen molar-refractivity contribution >= 4 is 0 Å². The molecule has 0 atom stereocenters. The van der Waals surface area contributed by atoms with E-state index in [9.17, 15) is 4.39 Å². The van der Waals surface area contributed by atoms with Gasteiger partial charge in [0.05, 0.1) is 12.0 Å². The van der Waals surface area contributed by atoms with Crippen molar-refractivity contribution in [3.05, 3.63) is 65.7 Å². The smallest absolute Gasteiger partial charge is 0.217 e. The fourth-order valence-electron chi connectivity index (χ4n) is 2.81. The third kappa shape index (κ3) is 2.85. The average Bonchev–Trinajstić information content (AvgIpc) is 3.11. The molecule has 0 N–H and O–H groups in total. The molecule has 0 bridgehead atoms. The van der Waals surface area contributed by atoms with Crippen molar-refractivity contribution in [1.29, 1.82) is 0 Å². The van der Waals surface area contributed by atoms with Crippen LogP contribution in [-0.2, 0) is 19.5 Å². The minimum Gasteiger partial charge on any atom is -0.461 e. The summed E-state index contributed by atoms with van der Waals surface area (Å²) in [6.07, 6.45) is 5.73. The molecule has 0 unspecified atom stereocenters. The van der Waals surface area contributed by atoms with Gasteiger partial charge >= 0.3 is 0 Å². The standard InChI is InChI=1S/C17H15FN4O/c18-16-12(3-1-6-19-16)10-22-7-5-14-13(11-22)9-20-17(21-14)15-4-2-8-23-15/h1-4,6,8-9H,5,7,10-11H2. The third-order valence-corrected chi connectivity index (χ3v) is 3.98. The molecule has 1 aliphatic rings. The van der Waals surface area contributed by atoms with Crippen LogP contribution in [0.1, 0.15) is 16.8 Å². The second-order valence-electron chi connectivity index (χ2n) is 5.56. The second-order valence-corrected chi connectivity index (χ2v) is 5.56. The Morgan fingerprint density at radius 3 is 3.00 bits per heavy atom. The molecule has 5 nitrogen and oxygen atoms in total. The zero-order valence-electron chi connectivity index (χ0n) is 12.4. The van der Waals surface area contributed by atoms with Gasteiger partial charge in [-0.2, -0.15) is 4.39 Å². The van der Waals surface area contributed by atoms with Crippen LogP contribution in [0, 0.1) is 5.95 Å². The number of aromatic nitrogens is 3. The number of rotatable bonds is 3. The van der Waals surface area contributed by atoms with Crippen LogP contribution in [0.15, 0.2) is 47.3 Å². The number of nitrogens with zero attached hydrogens (tertiary/aromatic N) is 4. The van der Waals surface area contributed by atoms with Gasteiger partial charge < -0.3 is 4.42 Å². The topological polar surface area (TPSA) is 55.1 Å². The predicted molar refractivity (Wildman–Crippen MR) is 81.7 cm³/mol. The molecule has 3 aromatic rings. The van der Waals surface area contributed by atoms with Crippen molar-refractivity contribution in [3.8, 4) is 11.6 Å². The third-order valence-electron chi connectivity index (χ3n) is 3.98. The molecule has 0 aliphatic carbocycles. The van der Waals surface area contributed by atoms with E-state index >= 15 is 0 Å². The van der Waals surface area contributed by atoms with Crippen molar-refractivity contribution < 1.29 is 8.81 Å². The van der Waals surface area contributed by atoms with E-state index in [2.05, 4.69) is 19.9 Å². The first-order valence-corrected chi connectivity index (χ1v) is 7.50. The molecule has 0 spiro atoms. The summed E-state index contributed by atoms with van der Waals surface area (Å²) in [6, 6.07) is 7.20. The van der Waals surface area contributed by atoms with Gasteiger partial charge in [-0.05, 0) is 18.2 Å². The van der Waals surface area contributed by atoms with Crippen molar-refractivity contribution in [2.45, 2.75) is 19.5 Å². The van der Waals surface area contributed by atoms with Crippen molar-refractivity contribution in [2.24, 2.45) is 0 Å². The molecule has 116 valence electrons. The van der Waals surface area contributed by atoms with Gasteiger partial charge in [0.25, 0.3) is 0 Å². The summed E-state index contributed by atoms with van der Waals surface area (Å²) in [6.45, 7) is 2.08. The highest BCUT2D eigenvalue weighted by atomic mass is 19.1. The van der Waals surface area contributed by atoms with E-state index in [4.69, 9.17) is 4.42 Å². The summed E-state index contributed by atoms with van der Waals surface area (Å²) in [5, 5.41) is 0. The lowest BCUT2D eigenvalue weighted by Gasteiger charge is -2.27. The first kappa shape index (κ1) is 14.0. The molecule has 6 heteroatoms. The maximum absolute atomic E-state index is 13.7. The lowest BCUT2D eigenvalue weighted by atomic mass is 10.1. The van der Waals surface area contributed by atoms with E-state index in [0.29, 0.717) is 30.2 Å².